The number of halogens is 1. The third kappa shape index (κ3) is 2.88. The minimum absolute atomic E-state index is 0.193. The van der Waals surface area contributed by atoms with E-state index in [9.17, 15) is 14.4 Å². The zero-order valence-corrected chi connectivity index (χ0v) is 14.8. The average molecular weight is 369 g/mol. The summed E-state index contributed by atoms with van der Waals surface area (Å²) in [5.41, 5.74) is 1.42. The molecule has 1 aliphatic carbocycles. The van der Waals surface area contributed by atoms with Gasteiger partial charge >= 0.3 is 0 Å². The zero-order chi connectivity index (χ0) is 18.3. The van der Waals surface area contributed by atoms with Gasteiger partial charge in [-0.2, -0.15) is 0 Å². The molecule has 1 fully saturated rings. The van der Waals surface area contributed by atoms with Gasteiger partial charge in [0.15, 0.2) is 0 Å². The van der Waals surface area contributed by atoms with Crippen molar-refractivity contribution in [1.29, 1.82) is 0 Å². The summed E-state index contributed by atoms with van der Waals surface area (Å²) >= 11 is 5.87. The second-order valence-corrected chi connectivity index (χ2v) is 7.07. The number of fused-ring (bicyclic) bond motifs is 1. The minimum atomic E-state index is -0.428. The first kappa shape index (κ1) is 16.8. The summed E-state index contributed by atoms with van der Waals surface area (Å²) in [6, 6.07) is 11.3. The molecule has 0 radical (unpaired) electrons. The third-order valence-electron chi connectivity index (χ3n) is 4.92. The maximum absolute atomic E-state index is 12.8. The second-order valence-electron chi connectivity index (χ2n) is 6.64. The van der Waals surface area contributed by atoms with Gasteiger partial charge in [-0.3, -0.25) is 14.4 Å². The van der Waals surface area contributed by atoms with Gasteiger partial charge < -0.3 is 5.32 Å². The molecule has 0 unspecified atom stereocenters. The minimum Gasteiger partial charge on any atom is -0.349 e. The summed E-state index contributed by atoms with van der Waals surface area (Å²) in [6.07, 6.45) is 4.22. The van der Waals surface area contributed by atoms with Gasteiger partial charge in [0.25, 0.3) is 17.7 Å². The van der Waals surface area contributed by atoms with E-state index in [4.69, 9.17) is 11.6 Å². The number of anilines is 1. The zero-order valence-electron chi connectivity index (χ0n) is 14.0. The van der Waals surface area contributed by atoms with Crippen LogP contribution in [0.4, 0.5) is 5.69 Å². The smallest absolute Gasteiger partial charge is 0.266 e. The fourth-order valence-electron chi connectivity index (χ4n) is 3.55. The van der Waals surface area contributed by atoms with Gasteiger partial charge in [-0.05, 0) is 55.3 Å². The molecule has 132 valence electrons. The Hall–Kier alpha value is -2.66. The van der Waals surface area contributed by atoms with Crippen LogP contribution in [0, 0.1) is 0 Å². The summed E-state index contributed by atoms with van der Waals surface area (Å²) in [5, 5.41) is 3.52. The molecule has 1 aliphatic heterocycles. The van der Waals surface area contributed by atoms with Crippen LogP contribution in [0.3, 0.4) is 0 Å². The molecule has 0 aromatic heterocycles. The van der Waals surface area contributed by atoms with Crippen LogP contribution in [0.1, 0.15) is 56.8 Å². The molecule has 1 saturated carbocycles. The molecular formula is C20H17ClN2O3. The van der Waals surface area contributed by atoms with Crippen LogP contribution in [-0.2, 0) is 0 Å². The summed E-state index contributed by atoms with van der Waals surface area (Å²) < 4.78 is 0. The third-order valence-corrected chi connectivity index (χ3v) is 5.18. The van der Waals surface area contributed by atoms with E-state index in [0.29, 0.717) is 21.8 Å². The normalized spacial score (nSPS) is 16.9. The largest absolute Gasteiger partial charge is 0.349 e. The van der Waals surface area contributed by atoms with Crippen molar-refractivity contribution >= 4 is 35.0 Å². The molecule has 6 heteroatoms. The van der Waals surface area contributed by atoms with Crippen LogP contribution in [0.15, 0.2) is 42.5 Å². The first-order valence-corrected chi connectivity index (χ1v) is 9.01. The highest BCUT2D eigenvalue weighted by atomic mass is 35.5. The molecule has 2 aromatic rings. The Morgan fingerprint density at radius 1 is 0.962 bits per heavy atom. The lowest BCUT2D eigenvalue weighted by atomic mass is 10.0. The summed E-state index contributed by atoms with van der Waals surface area (Å²) in [7, 11) is 0. The second kappa shape index (κ2) is 6.57. The van der Waals surface area contributed by atoms with Crippen molar-refractivity contribution in [3.63, 3.8) is 0 Å². The number of nitrogens with zero attached hydrogens (tertiary/aromatic N) is 1. The standard InChI is InChI=1S/C20H17ClN2O3/c21-13-6-8-15(9-7-13)23-19(25)16-10-5-12(11-17(16)20(23)26)18(24)22-14-3-1-2-4-14/h5-11,14H,1-4H2,(H,22,24). The number of nitrogens with one attached hydrogen (secondary N) is 1. The van der Waals surface area contributed by atoms with Gasteiger partial charge in [-0.25, -0.2) is 4.90 Å². The average Bonchev–Trinajstić information content (AvgIpc) is 3.23. The molecule has 0 atom stereocenters. The van der Waals surface area contributed by atoms with Crippen molar-refractivity contribution in [1.82, 2.24) is 5.32 Å². The predicted octanol–water partition coefficient (Wildman–Crippen LogP) is 3.81. The Balaban J connectivity index is 1.61. The lowest BCUT2D eigenvalue weighted by Crippen LogP contribution is -2.32. The molecule has 0 saturated heterocycles. The maximum atomic E-state index is 12.8. The fourth-order valence-corrected chi connectivity index (χ4v) is 3.67. The highest BCUT2D eigenvalue weighted by Gasteiger charge is 2.37. The van der Waals surface area contributed by atoms with Crippen LogP contribution in [0.5, 0.6) is 0 Å². The highest BCUT2D eigenvalue weighted by Crippen LogP contribution is 2.30. The molecule has 2 aromatic carbocycles. The molecule has 26 heavy (non-hydrogen) atoms. The molecule has 2 aliphatic rings. The molecule has 3 amide bonds. The van der Waals surface area contributed by atoms with Crippen molar-refractivity contribution in [2.75, 3.05) is 4.90 Å². The summed E-state index contributed by atoms with van der Waals surface area (Å²) in [6.45, 7) is 0. The SMILES string of the molecule is O=C(NC1CCCC1)c1ccc2c(c1)C(=O)N(c1ccc(Cl)cc1)C2=O. The van der Waals surface area contributed by atoms with E-state index in [1.54, 1.807) is 36.4 Å². The summed E-state index contributed by atoms with van der Waals surface area (Å²) in [5.74, 6) is -1.03. The molecule has 0 bridgehead atoms. The van der Waals surface area contributed by atoms with Crippen molar-refractivity contribution in [2.45, 2.75) is 31.7 Å². The monoisotopic (exact) mass is 368 g/mol. The van der Waals surface area contributed by atoms with Crippen molar-refractivity contribution < 1.29 is 14.4 Å². The van der Waals surface area contributed by atoms with Crippen molar-refractivity contribution in [2.24, 2.45) is 0 Å². The number of rotatable bonds is 3. The van der Waals surface area contributed by atoms with E-state index in [-0.39, 0.29) is 17.5 Å². The Kier molecular flexibility index (Phi) is 4.24. The van der Waals surface area contributed by atoms with Crippen molar-refractivity contribution in [3.05, 3.63) is 64.2 Å². The number of amides is 3. The Labute approximate surface area is 155 Å². The Bertz CT molecular complexity index is 902. The number of hydrogen-bond donors (Lipinski definition) is 1. The van der Waals surface area contributed by atoms with Crippen LogP contribution in [-0.4, -0.2) is 23.8 Å². The van der Waals surface area contributed by atoms with Gasteiger partial charge in [0, 0.05) is 16.6 Å². The predicted molar refractivity (Wildman–Crippen MR) is 98.8 cm³/mol. The Morgan fingerprint density at radius 3 is 2.31 bits per heavy atom. The van der Waals surface area contributed by atoms with Gasteiger partial charge in [0.1, 0.15) is 0 Å². The lowest BCUT2D eigenvalue weighted by Gasteiger charge is -2.13. The number of benzene rings is 2. The van der Waals surface area contributed by atoms with Gasteiger partial charge in [0.2, 0.25) is 0 Å². The van der Waals surface area contributed by atoms with Crippen LogP contribution >= 0.6 is 11.6 Å². The van der Waals surface area contributed by atoms with E-state index in [1.807, 2.05) is 0 Å². The first-order valence-electron chi connectivity index (χ1n) is 8.64. The van der Waals surface area contributed by atoms with Crippen molar-refractivity contribution in [3.8, 4) is 0 Å². The highest BCUT2D eigenvalue weighted by molar-refractivity contribution is 6.35. The van der Waals surface area contributed by atoms with Gasteiger partial charge in [0.05, 0.1) is 16.8 Å². The van der Waals surface area contributed by atoms with Gasteiger partial charge in [-0.15, -0.1) is 0 Å². The van der Waals surface area contributed by atoms with Crippen LogP contribution in [0.2, 0.25) is 5.02 Å². The molecule has 5 nitrogen and oxygen atoms in total. The fraction of sp³-hybridized carbons (Fsp3) is 0.250. The van der Waals surface area contributed by atoms with E-state index in [1.165, 1.54) is 6.07 Å². The first-order chi connectivity index (χ1) is 12.5. The van der Waals surface area contributed by atoms with E-state index in [2.05, 4.69) is 5.32 Å². The number of imide groups is 1. The molecule has 1 N–H and O–H groups in total. The quantitative estimate of drug-likeness (QED) is 0.837. The number of hydrogen-bond acceptors (Lipinski definition) is 3. The molecular weight excluding hydrogens is 352 g/mol. The van der Waals surface area contributed by atoms with Gasteiger partial charge in [-0.1, -0.05) is 24.4 Å². The van der Waals surface area contributed by atoms with E-state index >= 15 is 0 Å². The Morgan fingerprint density at radius 2 is 1.62 bits per heavy atom. The topological polar surface area (TPSA) is 66.5 Å². The van der Waals surface area contributed by atoms with E-state index < -0.39 is 11.8 Å². The molecule has 1 heterocycles. The summed E-state index contributed by atoms with van der Waals surface area (Å²) in [4.78, 5) is 38.9. The van der Waals surface area contributed by atoms with E-state index in [0.717, 1.165) is 30.6 Å². The number of carbonyl (C=O) groups is 3. The number of carbonyl (C=O) groups excluding carboxylic acids is 3. The molecule has 4 rings (SSSR count). The maximum Gasteiger partial charge on any atom is 0.266 e. The van der Waals surface area contributed by atoms with Crippen LogP contribution < -0.4 is 10.2 Å². The molecule has 0 spiro atoms. The lowest BCUT2D eigenvalue weighted by molar-refractivity contribution is 0.0921. The van der Waals surface area contributed by atoms with Crippen LogP contribution in [0.25, 0.3) is 0 Å².